The van der Waals surface area contributed by atoms with Gasteiger partial charge >= 0.3 is 0 Å². The minimum Gasteiger partial charge on any atom is -0.121 e. The molecular formula is C3H9I3Si2. The molecule has 0 aromatic carbocycles. The fourth-order valence-corrected chi connectivity index (χ4v) is 0. The molecule has 50 valence electrons. The summed E-state index contributed by atoms with van der Waals surface area (Å²) >= 11 is 8.00. The Morgan fingerprint density at radius 3 is 1.00 bits per heavy atom. The molecule has 0 aliphatic carbocycles. The second kappa shape index (κ2) is 3.35. The first-order valence-electron chi connectivity index (χ1n) is 2.32. The largest absolute Gasteiger partial charge is 0.190 e. The lowest BCUT2D eigenvalue weighted by Crippen LogP contribution is -2.41. The van der Waals surface area contributed by atoms with Gasteiger partial charge in [0.05, 0.1) is 0 Å². The van der Waals surface area contributed by atoms with Crippen molar-refractivity contribution in [3.8, 4) is 0 Å². The SMILES string of the molecule is C[Si](C)(I)[Si](C)(I)I. The summed E-state index contributed by atoms with van der Waals surface area (Å²) < 4.78 is -0.793. The maximum atomic E-state index is 2.67. The average Bonchev–Trinajstić information content (AvgIpc) is 1.25. The Morgan fingerprint density at radius 1 is 0.875 bits per heavy atom. The van der Waals surface area contributed by atoms with E-state index in [0.29, 0.717) is 0 Å². The third-order valence-corrected chi connectivity index (χ3v) is 62.0. The van der Waals surface area contributed by atoms with E-state index >= 15 is 0 Å². The first-order valence-corrected chi connectivity index (χ1v) is 18.2. The lowest BCUT2D eigenvalue weighted by molar-refractivity contribution is 2.05. The van der Waals surface area contributed by atoms with Crippen LogP contribution in [0, 0.1) is 0 Å². The highest BCUT2D eigenvalue weighted by molar-refractivity contribution is 14.3. The zero-order chi connectivity index (χ0) is 7.00. The van der Waals surface area contributed by atoms with Crippen LogP contribution in [0.1, 0.15) is 0 Å². The van der Waals surface area contributed by atoms with Gasteiger partial charge in [0, 0.05) is 0 Å². The minimum atomic E-state index is -0.793. The van der Waals surface area contributed by atoms with Gasteiger partial charge in [-0.3, -0.25) is 0 Å². The molecule has 0 N–H and O–H groups in total. The van der Waals surface area contributed by atoms with Crippen LogP contribution in [0.15, 0.2) is 0 Å². The Balaban J connectivity index is 4.02. The summed E-state index contributed by atoms with van der Waals surface area (Å²) in [6.07, 6.45) is 0. The molecule has 0 radical (unpaired) electrons. The average molecular weight is 482 g/mol. The van der Waals surface area contributed by atoms with Crippen LogP contribution in [0.5, 0.6) is 0 Å². The highest BCUT2D eigenvalue weighted by Gasteiger charge is 2.38. The third-order valence-electron chi connectivity index (χ3n) is 1.04. The minimum absolute atomic E-state index is 0.777. The zero-order valence-electron chi connectivity index (χ0n) is 5.13. The van der Waals surface area contributed by atoms with Crippen molar-refractivity contribution < 1.29 is 0 Å². The van der Waals surface area contributed by atoms with E-state index in [1.165, 1.54) is 0 Å². The Labute approximate surface area is 91.0 Å². The standard InChI is InChI=1S/C3H9I3Si2/c1-7(2,4)8(3,5)6/h1-3H3. The third kappa shape index (κ3) is 3.71. The molecule has 0 aliphatic heterocycles. The van der Waals surface area contributed by atoms with Crippen LogP contribution in [0.25, 0.3) is 0 Å². The van der Waals surface area contributed by atoms with Crippen LogP contribution in [0.4, 0.5) is 0 Å². The van der Waals surface area contributed by atoms with Gasteiger partial charge in [0.25, 0.3) is 0 Å². The number of halogens is 3. The molecule has 0 aromatic rings. The van der Waals surface area contributed by atoms with E-state index in [0.717, 1.165) is 0 Å². The topological polar surface area (TPSA) is 0 Å². The molecule has 5 heteroatoms. The van der Waals surface area contributed by atoms with Gasteiger partial charge < -0.3 is 0 Å². The van der Waals surface area contributed by atoms with Gasteiger partial charge in [0.2, 0.25) is 0 Å². The molecule has 0 saturated heterocycles. The van der Waals surface area contributed by atoms with Crippen molar-refractivity contribution >= 4 is 73.1 Å². The second-order valence-corrected chi connectivity index (χ2v) is 50.2. The lowest BCUT2D eigenvalue weighted by Gasteiger charge is -2.23. The Hall–Kier alpha value is 2.62. The van der Waals surface area contributed by atoms with E-state index in [9.17, 15) is 0 Å². The maximum absolute atomic E-state index is 2.67. The fraction of sp³-hybridized carbons (Fsp3) is 1.00. The molecule has 0 atom stereocenters. The van der Waals surface area contributed by atoms with E-state index in [-0.39, 0.29) is 0 Å². The van der Waals surface area contributed by atoms with Crippen LogP contribution in [-0.2, 0) is 0 Å². The molecule has 0 spiro atoms. The monoisotopic (exact) mass is 482 g/mol. The zero-order valence-corrected chi connectivity index (χ0v) is 13.6. The van der Waals surface area contributed by atoms with Crippen LogP contribution in [-0.4, -0.2) is 7.67 Å². The highest BCUT2D eigenvalue weighted by atomic mass is 127. The van der Waals surface area contributed by atoms with Gasteiger partial charge in [0.15, 0.2) is 2.58 Å². The van der Waals surface area contributed by atoms with Crippen molar-refractivity contribution in [2.24, 2.45) is 0 Å². The molecule has 0 bridgehead atoms. The Morgan fingerprint density at radius 2 is 1.00 bits per heavy atom. The summed E-state index contributed by atoms with van der Waals surface area (Å²) in [6, 6.07) is 0. The number of hydrogen-bond acceptors (Lipinski definition) is 0. The Kier molecular flexibility index (Phi) is 4.44. The van der Waals surface area contributed by atoms with Crippen LogP contribution in [0.2, 0.25) is 19.6 Å². The maximum Gasteiger partial charge on any atom is 0.190 e. The smallest absolute Gasteiger partial charge is 0.121 e. The Bertz CT molecular complexity index is 67.5. The summed E-state index contributed by atoms with van der Waals surface area (Å²) in [5, 5.41) is -0.777. The van der Waals surface area contributed by atoms with Crippen LogP contribution >= 0.6 is 65.4 Å². The molecule has 0 saturated carbocycles. The van der Waals surface area contributed by atoms with Gasteiger partial charge in [0.1, 0.15) is 5.09 Å². The van der Waals surface area contributed by atoms with Crippen molar-refractivity contribution in [3.05, 3.63) is 0 Å². The highest BCUT2D eigenvalue weighted by Crippen LogP contribution is 2.36. The van der Waals surface area contributed by atoms with Crippen molar-refractivity contribution in [1.29, 1.82) is 0 Å². The first kappa shape index (κ1) is 10.6. The van der Waals surface area contributed by atoms with Gasteiger partial charge in [-0.1, -0.05) is 19.6 Å². The molecule has 0 nitrogen and oxygen atoms in total. The predicted octanol–water partition coefficient (Wildman–Crippen LogP) is 3.65. The van der Waals surface area contributed by atoms with Gasteiger partial charge in [-0.2, -0.15) is 0 Å². The quantitative estimate of drug-likeness (QED) is 0.305. The van der Waals surface area contributed by atoms with E-state index in [4.69, 9.17) is 0 Å². The molecular weight excluding hydrogens is 473 g/mol. The summed E-state index contributed by atoms with van der Waals surface area (Å²) in [5.74, 6) is 0. The molecule has 0 aliphatic rings. The molecule has 0 aromatic heterocycles. The summed E-state index contributed by atoms with van der Waals surface area (Å²) in [4.78, 5) is 0. The molecule has 8 heavy (non-hydrogen) atoms. The summed E-state index contributed by atoms with van der Waals surface area (Å²) in [7, 11) is 0. The van der Waals surface area contributed by atoms with Crippen molar-refractivity contribution in [3.63, 3.8) is 0 Å². The van der Waals surface area contributed by atoms with Gasteiger partial charge in [-0.25, -0.2) is 0 Å². The van der Waals surface area contributed by atoms with E-state index in [1.807, 2.05) is 0 Å². The first-order chi connectivity index (χ1) is 3.25. The second-order valence-electron chi connectivity index (χ2n) is 2.36. The number of hydrogen-bond donors (Lipinski definition) is 0. The normalized spacial score (nSPS) is 14.2. The molecule has 0 unspecified atom stereocenters. The van der Waals surface area contributed by atoms with Crippen LogP contribution in [0.3, 0.4) is 0 Å². The van der Waals surface area contributed by atoms with Gasteiger partial charge in [-0.15, -0.1) is 65.4 Å². The summed E-state index contributed by atoms with van der Waals surface area (Å²) in [5.41, 5.74) is 0. The predicted molar refractivity (Wildman–Crippen MR) is 71.2 cm³/mol. The fourth-order valence-electron chi connectivity index (χ4n) is 0. The van der Waals surface area contributed by atoms with Crippen molar-refractivity contribution in [1.82, 2.24) is 0 Å². The van der Waals surface area contributed by atoms with E-state index in [2.05, 4.69) is 85.0 Å². The molecule has 0 fully saturated rings. The molecule has 0 rings (SSSR count). The molecule has 0 amide bonds. The molecule has 0 heterocycles. The van der Waals surface area contributed by atoms with Crippen molar-refractivity contribution in [2.45, 2.75) is 19.6 Å². The van der Waals surface area contributed by atoms with Gasteiger partial charge in [-0.05, 0) is 0 Å². The van der Waals surface area contributed by atoms with Crippen LogP contribution < -0.4 is 0 Å². The lowest BCUT2D eigenvalue weighted by atomic mass is 11.9. The van der Waals surface area contributed by atoms with Crippen molar-refractivity contribution in [2.75, 3.05) is 0 Å². The van der Waals surface area contributed by atoms with E-state index < -0.39 is 7.67 Å². The number of rotatable bonds is 1. The van der Waals surface area contributed by atoms with E-state index in [1.54, 1.807) is 0 Å². The summed E-state index contributed by atoms with van der Waals surface area (Å²) in [6.45, 7) is 7.32.